The van der Waals surface area contributed by atoms with E-state index in [4.69, 9.17) is 0 Å². The normalized spacial score (nSPS) is 10.6. The number of amides is 2. The number of thiazole rings is 1. The van der Waals surface area contributed by atoms with Crippen molar-refractivity contribution in [2.24, 2.45) is 0 Å². The Hall–Kier alpha value is -3.14. The van der Waals surface area contributed by atoms with Crippen molar-refractivity contribution in [1.29, 1.82) is 0 Å². The molecule has 128 valence electrons. The number of fused-ring (bicyclic) bond motifs is 1. The predicted octanol–water partition coefficient (Wildman–Crippen LogP) is 3.80. The van der Waals surface area contributed by atoms with Crippen LogP contribution >= 0.6 is 11.3 Å². The number of rotatable bonds is 4. The molecule has 0 radical (unpaired) electrons. The Morgan fingerprint density at radius 1 is 1.20 bits per heavy atom. The van der Waals surface area contributed by atoms with E-state index in [0.717, 1.165) is 29.5 Å². The Labute approximate surface area is 143 Å². The minimum absolute atomic E-state index is 0.0692. The monoisotopic (exact) mass is 364 g/mol. The summed E-state index contributed by atoms with van der Waals surface area (Å²) in [5.41, 5.74) is 0.714. The molecule has 0 saturated heterocycles. The highest BCUT2D eigenvalue weighted by atomic mass is 32.1. The summed E-state index contributed by atoms with van der Waals surface area (Å²) in [5.74, 6) is -1.46. The van der Waals surface area contributed by atoms with E-state index in [9.17, 15) is 23.7 Å². The molecular weight excluding hydrogens is 354 g/mol. The third-order valence-electron chi connectivity index (χ3n) is 3.18. The lowest BCUT2D eigenvalue weighted by Crippen LogP contribution is -2.28. The van der Waals surface area contributed by atoms with E-state index < -0.39 is 22.6 Å². The van der Waals surface area contributed by atoms with Gasteiger partial charge in [-0.3, -0.25) is 15.4 Å². The fourth-order valence-corrected chi connectivity index (χ4v) is 3.01. The SMILES string of the molecule is O=C(NCc1cc(F)cc(F)c1)Nc1nc2ccc([N+](=O)[O-])cc2s1. The number of carbonyl (C=O) groups is 1. The highest BCUT2D eigenvalue weighted by Gasteiger charge is 2.12. The van der Waals surface area contributed by atoms with Crippen molar-refractivity contribution in [1.82, 2.24) is 10.3 Å². The number of benzene rings is 2. The van der Waals surface area contributed by atoms with Gasteiger partial charge in [0.2, 0.25) is 0 Å². The molecule has 25 heavy (non-hydrogen) atoms. The van der Waals surface area contributed by atoms with Crippen molar-refractivity contribution in [3.8, 4) is 0 Å². The summed E-state index contributed by atoms with van der Waals surface area (Å²) in [7, 11) is 0. The summed E-state index contributed by atoms with van der Waals surface area (Å²) in [5, 5.41) is 15.9. The van der Waals surface area contributed by atoms with Crippen LogP contribution in [0.25, 0.3) is 10.2 Å². The standard InChI is InChI=1S/C15H10F2N4O3S/c16-9-3-8(4-10(17)5-9)7-18-14(22)20-15-19-12-2-1-11(21(23)24)6-13(12)25-15/h1-6H,7H2,(H2,18,19,20,22). The van der Waals surface area contributed by atoms with Crippen molar-refractivity contribution < 1.29 is 18.5 Å². The molecule has 1 aromatic heterocycles. The van der Waals surface area contributed by atoms with Gasteiger partial charge in [-0.2, -0.15) is 0 Å². The lowest BCUT2D eigenvalue weighted by molar-refractivity contribution is -0.384. The van der Waals surface area contributed by atoms with Gasteiger partial charge in [-0.05, 0) is 23.8 Å². The Kier molecular flexibility index (Phi) is 4.52. The fourth-order valence-electron chi connectivity index (χ4n) is 2.12. The van der Waals surface area contributed by atoms with Crippen molar-refractivity contribution in [3.05, 3.63) is 63.7 Å². The molecule has 2 amide bonds. The largest absolute Gasteiger partial charge is 0.334 e. The maximum absolute atomic E-state index is 13.1. The molecule has 0 saturated carbocycles. The molecule has 3 rings (SSSR count). The van der Waals surface area contributed by atoms with Gasteiger partial charge in [0.1, 0.15) is 11.6 Å². The molecule has 2 aromatic carbocycles. The van der Waals surface area contributed by atoms with E-state index in [0.29, 0.717) is 10.2 Å². The lowest BCUT2D eigenvalue weighted by atomic mass is 10.2. The maximum Gasteiger partial charge on any atom is 0.321 e. The first-order chi connectivity index (χ1) is 11.9. The van der Waals surface area contributed by atoms with Gasteiger partial charge in [0.15, 0.2) is 5.13 Å². The van der Waals surface area contributed by atoms with Crippen LogP contribution in [-0.4, -0.2) is 15.9 Å². The lowest BCUT2D eigenvalue weighted by Gasteiger charge is -2.05. The number of anilines is 1. The number of hydrogen-bond donors (Lipinski definition) is 2. The number of carbonyl (C=O) groups excluding carboxylic acids is 1. The van der Waals surface area contributed by atoms with Crippen LogP contribution in [0.2, 0.25) is 0 Å². The summed E-state index contributed by atoms with van der Waals surface area (Å²) < 4.78 is 26.7. The van der Waals surface area contributed by atoms with Crippen molar-refractivity contribution in [2.45, 2.75) is 6.54 Å². The van der Waals surface area contributed by atoms with Crippen LogP contribution in [0.1, 0.15) is 5.56 Å². The zero-order valence-electron chi connectivity index (χ0n) is 12.5. The molecule has 0 spiro atoms. The smallest absolute Gasteiger partial charge is 0.321 e. The Bertz CT molecular complexity index is 956. The zero-order valence-corrected chi connectivity index (χ0v) is 13.3. The summed E-state index contributed by atoms with van der Waals surface area (Å²) >= 11 is 1.08. The topological polar surface area (TPSA) is 97.2 Å². The molecule has 0 fully saturated rings. The average Bonchev–Trinajstić information content (AvgIpc) is 2.93. The van der Waals surface area contributed by atoms with E-state index in [2.05, 4.69) is 15.6 Å². The van der Waals surface area contributed by atoms with Gasteiger partial charge in [-0.25, -0.2) is 18.6 Å². The third-order valence-corrected chi connectivity index (χ3v) is 4.11. The Morgan fingerprint density at radius 2 is 1.92 bits per heavy atom. The van der Waals surface area contributed by atoms with Crippen molar-refractivity contribution in [2.75, 3.05) is 5.32 Å². The first-order valence-corrected chi connectivity index (χ1v) is 7.77. The highest BCUT2D eigenvalue weighted by molar-refractivity contribution is 7.22. The van der Waals surface area contributed by atoms with E-state index in [1.807, 2.05) is 0 Å². The number of urea groups is 1. The maximum atomic E-state index is 13.1. The van der Waals surface area contributed by atoms with Crippen LogP contribution in [0.3, 0.4) is 0 Å². The summed E-state index contributed by atoms with van der Waals surface area (Å²) in [6, 6.07) is 6.53. The molecule has 0 aliphatic rings. The van der Waals surface area contributed by atoms with E-state index in [1.54, 1.807) is 0 Å². The third kappa shape index (κ3) is 4.04. The molecule has 0 bridgehead atoms. The van der Waals surface area contributed by atoms with Gasteiger partial charge in [-0.15, -0.1) is 0 Å². The number of nitrogens with one attached hydrogen (secondary N) is 2. The van der Waals surface area contributed by atoms with Crippen LogP contribution in [-0.2, 0) is 6.54 Å². The van der Waals surface area contributed by atoms with Gasteiger partial charge < -0.3 is 5.32 Å². The number of nitrogens with zero attached hydrogens (tertiary/aromatic N) is 2. The molecule has 0 unspecified atom stereocenters. The van der Waals surface area contributed by atoms with Crippen molar-refractivity contribution in [3.63, 3.8) is 0 Å². The average molecular weight is 364 g/mol. The predicted molar refractivity (Wildman–Crippen MR) is 88.5 cm³/mol. The molecule has 10 heteroatoms. The number of aromatic nitrogens is 1. The van der Waals surface area contributed by atoms with E-state index in [-0.39, 0.29) is 22.9 Å². The Balaban J connectivity index is 1.66. The van der Waals surface area contributed by atoms with Crippen LogP contribution in [0.4, 0.5) is 24.4 Å². The highest BCUT2D eigenvalue weighted by Crippen LogP contribution is 2.29. The molecular formula is C15H10F2N4O3S. The minimum atomic E-state index is -0.732. The second kappa shape index (κ2) is 6.77. The number of nitro groups is 1. The summed E-state index contributed by atoms with van der Waals surface area (Å²) in [6.07, 6.45) is 0. The molecule has 2 N–H and O–H groups in total. The minimum Gasteiger partial charge on any atom is -0.334 e. The second-order valence-corrected chi connectivity index (χ2v) is 6.04. The number of hydrogen-bond acceptors (Lipinski definition) is 5. The fraction of sp³-hybridized carbons (Fsp3) is 0.0667. The summed E-state index contributed by atoms with van der Waals surface area (Å²) in [4.78, 5) is 26.2. The van der Waals surface area contributed by atoms with Crippen LogP contribution in [0.15, 0.2) is 36.4 Å². The number of non-ortho nitro benzene ring substituents is 1. The number of nitro benzene ring substituents is 1. The van der Waals surface area contributed by atoms with Gasteiger partial charge in [0.05, 0.1) is 15.1 Å². The molecule has 1 heterocycles. The van der Waals surface area contributed by atoms with Crippen LogP contribution < -0.4 is 10.6 Å². The van der Waals surface area contributed by atoms with Gasteiger partial charge in [0.25, 0.3) is 5.69 Å². The van der Waals surface area contributed by atoms with Gasteiger partial charge in [0, 0.05) is 24.7 Å². The molecule has 0 aliphatic carbocycles. The first-order valence-electron chi connectivity index (χ1n) is 6.95. The van der Waals surface area contributed by atoms with Gasteiger partial charge >= 0.3 is 6.03 Å². The molecule has 3 aromatic rings. The Morgan fingerprint density at radius 3 is 2.60 bits per heavy atom. The van der Waals surface area contributed by atoms with E-state index >= 15 is 0 Å². The quantitative estimate of drug-likeness (QED) is 0.543. The van der Waals surface area contributed by atoms with Crippen molar-refractivity contribution >= 4 is 38.4 Å². The van der Waals surface area contributed by atoms with Crippen LogP contribution in [0, 0.1) is 21.7 Å². The van der Waals surface area contributed by atoms with Gasteiger partial charge in [-0.1, -0.05) is 11.3 Å². The second-order valence-electron chi connectivity index (χ2n) is 5.01. The van der Waals surface area contributed by atoms with Crippen LogP contribution in [0.5, 0.6) is 0 Å². The molecule has 7 nitrogen and oxygen atoms in total. The molecule has 0 aliphatic heterocycles. The summed E-state index contributed by atoms with van der Waals surface area (Å²) in [6.45, 7) is -0.0725. The zero-order chi connectivity index (χ0) is 18.0. The first kappa shape index (κ1) is 16.7. The van der Waals surface area contributed by atoms with E-state index in [1.165, 1.54) is 18.2 Å². The number of halogens is 2. The molecule has 0 atom stereocenters.